The van der Waals surface area contributed by atoms with Crippen LogP contribution in [0.1, 0.15) is 24.3 Å². The Morgan fingerprint density at radius 3 is 2.70 bits per heavy atom. The number of aromatic nitrogens is 3. The lowest BCUT2D eigenvalue weighted by molar-refractivity contribution is -0.127. The number of piperazine rings is 1. The molecule has 8 nitrogen and oxygen atoms in total. The number of amides is 1. The Morgan fingerprint density at radius 2 is 1.94 bits per heavy atom. The van der Waals surface area contributed by atoms with Crippen molar-refractivity contribution in [3.63, 3.8) is 0 Å². The molecule has 1 atom stereocenters. The summed E-state index contributed by atoms with van der Waals surface area (Å²) in [5.41, 5.74) is 4.45. The average Bonchev–Trinajstić information content (AvgIpc) is 3.28. The van der Waals surface area contributed by atoms with E-state index in [0.29, 0.717) is 6.54 Å². The van der Waals surface area contributed by atoms with Crippen molar-refractivity contribution < 1.29 is 4.79 Å². The van der Waals surface area contributed by atoms with Crippen molar-refractivity contribution in [2.45, 2.75) is 18.8 Å². The monoisotopic (exact) mass is 445 g/mol. The molecule has 0 radical (unpaired) electrons. The number of likely N-dealkylation sites (N-methyl/N-ethyl adjacent to an activating group) is 1. The van der Waals surface area contributed by atoms with E-state index in [1.165, 1.54) is 11.8 Å². The van der Waals surface area contributed by atoms with Crippen LogP contribution in [0.2, 0.25) is 0 Å². The summed E-state index contributed by atoms with van der Waals surface area (Å²) in [6, 6.07) is 10.6. The quantitative estimate of drug-likeness (QED) is 0.609. The number of hydrogen-bond acceptors (Lipinski definition) is 6. The molecule has 2 aliphatic heterocycles. The summed E-state index contributed by atoms with van der Waals surface area (Å²) in [7, 11) is 2.17. The molecule has 0 spiro atoms. The first-order chi connectivity index (χ1) is 16.1. The number of carbonyl (C=O) groups is 1. The van der Waals surface area contributed by atoms with Gasteiger partial charge in [-0.2, -0.15) is 5.10 Å². The highest BCUT2D eigenvalue weighted by molar-refractivity contribution is 5.87. The van der Waals surface area contributed by atoms with Crippen LogP contribution >= 0.6 is 0 Å². The second-order valence-electron chi connectivity index (χ2n) is 8.99. The Hall–Kier alpha value is -3.39. The number of hydrogen-bond donors (Lipinski definition) is 1. The molecule has 1 aromatic carbocycles. The van der Waals surface area contributed by atoms with Crippen molar-refractivity contribution in [1.82, 2.24) is 24.4 Å². The van der Waals surface area contributed by atoms with Crippen molar-refractivity contribution in [1.29, 1.82) is 0 Å². The Balaban J connectivity index is 1.31. The van der Waals surface area contributed by atoms with E-state index in [0.717, 1.165) is 68.2 Å². The molecular weight excluding hydrogens is 414 g/mol. The van der Waals surface area contributed by atoms with Gasteiger partial charge >= 0.3 is 0 Å². The highest BCUT2D eigenvalue weighted by Crippen LogP contribution is 2.31. The van der Waals surface area contributed by atoms with Gasteiger partial charge in [0.2, 0.25) is 5.91 Å². The van der Waals surface area contributed by atoms with Crippen LogP contribution in [-0.2, 0) is 4.79 Å². The molecule has 1 unspecified atom stereocenters. The maximum atomic E-state index is 12.1. The minimum Gasteiger partial charge on any atom is -0.369 e. The third-order valence-corrected chi connectivity index (χ3v) is 6.80. The largest absolute Gasteiger partial charge is 0.369 e. The number of piperidine rings is 1. The van der Waals surface area contributed by atoms with Gasteiger partial charge in [0.05, 0.1) is 11.7 Å². The van der Waals surface area contributed by atoms with Crippen LogP contribution in [0.5, 0.6) is 0 Å². The Bertz CT molecular complexity index is 1130. The first-order valence-corrected chi connectivity index (χ1v) is 11.7. The number of likely N-dealkylation sites (tertiary alicyclic amines) is 1. The third kappa shape index (κ3) is 4.57. The van der Waals surface area contributed by atoms with Gasteiger partial charge in [-0.15, -0.1) is 0 Å². The van der Waals surface area contributed by atoms with Crippen molar-refractivity contribution in [3.05, 3.63) is 61.1 Å². The minimum atomic E-state index is 0.000201. The van der Waals surface area contributed by atoms with Gasteiger partial charge in [0.25, 0.3) is 0 Å². The van der Waals surface area contributed by atoms with Gasteiger partial charge in [-0.05, 0) is 50.2 Å². The summed E-state index contributed by atoms with van der Waals surface area (Å²) in [5.74, 6) is 1.05. The van der Waals surface area contributed by atoms with Gasteiger partial charge in [0.15, 0.2) is 0 Å². The Kier molecular flexibility index (Phi) is 6.00. The number of carbonyl (C=O) groups excluding carboxylic acids is 1. The second-order valence-corrected chi connectivity index (χ2v) is 8.99. The van der Waals surface area contributed by atoms with Gasteiger partial charge in [-0.3, -0.25) is 4.79 Å². The summed E-state index contributed by atoms with van der Waals surface area (Å²) in [4.78, 5) is 23.3. The maximum absolute atomic E-state index is 12.1. The van der Waals surface area contributed by atoms with Gasteiger partial charge in [-0.1, -0.05) is 6.58 Å². The number of nitrogens with one attached hydrogen (secondary N) is 1. The molecule has 8 heteroatoms. The van der Waals surface area contributed by atoms with E-state index >= 15 is 0 Å². The SMILES string of the molecule is C=CC(=O)N1CCCC(c2cnn3cnc(Nc4ccc(N5CCN(C)CC5)cc4)cc23)C1. The van der Waals surface area contributed by atoms with Crippen LogP contribution in [-0.4, -0.2) is 76.6 Å². The van der Waals surface area contributed by atoms with Gasteiger partial charge < -0.3 is 20.0 Å². The van der Waals surface area contributed by atoms with Crippen molar-refractivity contribution >= 4 is 28.6 Å². The fraction of sp³-hybridized carbons (Fsp3) is 0.400. The maximum Gasteiger partial charge on any atom is 0.245 e. The third-order valence-electron chi connectivity index (χ3n) is 6.80. The standard InChI is InChI=1S/C25H31N7O/c1-3-25(33)31-10-4-5-19(17-31)22-16-27-32-18-26-24(15-23(22)32)28-20-6-8-21(9-7-20)30-13-11-29(2)12-14-30/h3,6-9,15-16,18-19,28H,1,4-5,10-14,17H2,2H3. The molecule has 1 N–H and O–H groups in total. The molecule has 0 bridgehead atoms. The zero-order valence-corrected chi connectivity index (χ0v) is 19.2. The molecule has 2 aromatic heterocycles. The molecule has 4 heterocycles. The minimum absolute atomic E-state index is 0.000201. The van der Waals surface area contributed by atoms with E-state index < -0.39 is 0 Å². The summed E-state index contributed by atoms with van der Waals surface area (Å²) in [6.07, 6.45) is 7.09. The smallest absolute Gasteiger partial charge is 0.245 e. The topological polar surface area (TPSA) is 69.0 Å². The first-order valence-electron chi connectivity index (χ1n) is 11.7. The second kappa shape index (κ2) is 9.23. The fourth-order valence-electron chi connectivity index (χ4n) is 4.82. The van der Waals surface area contributed by atoms with Crippen LogP contribution < -0.4 is 10.2 Å². The van der Waals surface area contributed by atoms with Gasteiger partial charge in [0, 0.05) is 68.2 Å². The average molecular weight is 446 g/mol. The van der Waals surface area contributed by atoms with Crippen molar-refractivity contribution in [2.75, 3.05) is 56.5 Å². The molecule has 172 valence electrons. The van der Waals surface area contributed by atoms with E-state index in [4.69, 9.17) is 0 Å². The van der Waals surface area contributed by atoms with E-state index in [1.807, 2.05) is 21.7 Å². The normalized spacial score (nSPS) is 19.6. The summed E-state index contributed by atoms with van der Waals surface area (Å²) in [5, 5.41) is 7.93. The molecule has 1 amide bonds. The zero-order chi connectivity index (χ0) is 22.8. The highest BCUT2D eigenvalue weighted by atomic mass is 16.2. The molecular formula is C25H31N7O. The lowest BCUT2D eigenvalue weighted by atomic mass is 9.91. The molecule has 0 saturated carbocycles. The van der Waals surface area contributed by atoms with E-state index in [1.54, 1.807) is 6.33 Å². The summed E-state index contributed by atoms with van der Waals surface area (Å²) in [6.45, 7) is 9.43. The first kappa shape index (κ1) is 21.5. The van der Waals surface area contributed by atoms with E-state index in [-0.39, 0.29) is 11.8 Å². The van der Waals surface area contributed by atoms with Crippen LogP contribution in [0.25, 0.3) is 5.52 Å². The predicted octanol–water partition coefficient (Wildman–Crippen LogP) is 3.12. The molecule has 33 heavy (non-hydrogen) atoms. The van der Waals surface area contributed by atoms with Crippen LogP contribution in [0.15, 0.2) is 55.5 Å². The Labute approximate surface area is 194 Å². The lowest BCUT2D eigenvalue weighted by Crippen LogP contribution is -2.44. The van der Waals surface area contributed by atoms with Gasteiger partial charge in [0.1, 0.15) is 12.1 Å². The van der Waals surface area contributed by atoms with E-state index in [9.17, 15) is 4.79 Å². The van der Waals surface area contributed by atoms with Crippen LogP contribution in [0.4, 0.5) is 17.2 Å². The number of fused-ring (bicyclic) bond motifs is 1. The lowest BCUT2D eigenvalue weighted by Gasteiger charge is -2.34. The predicted molar refractivity (Wildman–Crippen MR) is 131 cm³/mol. The molecule has 5 rings (SSSR count). The summed E-state index contributed by atoms with van der Waals surface area (Å²) < 4.78 is 1.81. The molecule has 2 aliphatic rings. The van der Waals surface area contributed by atoms with Crippen molar-refractivity contribution in [3.8, 4) is 0 Å². The Morgan fingerprint density at radius 1 is 1.15 bits per heavy atom. The fourth-order valence-corrected chi connectivity index (χ4v) is 4.82. The number of anilines is 3. The molecule has 2 fully saturated rings. The van der Waals surface area contributed by atoms with Gasteiger partial charge in [-0.25, -0.2) is 9.50 Å². The van der Waals surface area contributed by atoms with Crippen LogP contribution in [0, 0.1) is 0 Å². The molecule has 2 saturated heterocycles. The van der Waals surface area contributed by atoms with Crippen LogP contribution in [0.3, 0.4) is 0 Å². The highest BCUT2D eigenvalue weighted by Gasteiger charge is 2.26. The number of benzene rings is 1. The number of nitrogens with zero attached hydrogens (tertiary/aromatic N) is 6. The van der Waals surface area contributed by atoms with E-state index in [2.05, 4.69) is 63.1 Å². The summed E-state index contributed by atoms with van der Waals surface area (Å²) >= 11 is 0. The zero-order valence-electron chi connectivity index (χ0n) is 19.2. The van der Waals surface area contributed by atoms with Crippen molar-refractivity contribution in [2.24, 2.45) is 0 Å². The number of rotatable bonds is 5. The molecule has 0 aliphatic carbocycles. The molecule has 3 aromatic rings.